The topological polar surface area (TPSA) is 67.1 Å². The predicted octanol–water partition coefficient (Wildman–Crippen LogP) is 4.24. The van der Waals surface area contributed by atoms with Crippen LogP contribution >= 0.6 is 0 Å². The summed E-state index contributed by atoms with van der Waals surface area (Å²) < 4.78 is 0. The Morgan fingerprint density at radius 3 is 2.69 bits per heavy atom. The number of aromatic amines is 1. The number of allylic oxidation sites excluding steroid dienone is 2. The maximum atomic E-state index is 12.8. The van der Waals surface area contributed by atoms with Gasteiger partial charge in [-0.05, 0) is 43.4 Å². The molecule has 1 aromatic carbocycles. The fourth-order valence-corrected chi connectivity index (χ4v) is 4.44. The van der Waals surface area contributed by atoms with Crippen LogP contribution in [-0.2, 0) is 11.2 Å². The van der Waals surface area contributed by atoms with Crippen molar-refractivity contribution in [1.82, 2.24) is 4.98 Å². The van der Waals surface area contributed by atoms with E-state index in [0.29, 0.717) is 18.4 Å². The van der Waals surface area contributed by atoms with Crippen molar-refractivity contribution < 1.29 is 14.9 Å². The van der Waals surface area contributed by atoms with E-state index in [2.05, 4.69) is 48.9 Å². The Kier molecular flexibility index (Phi) is 6.30. The Bertz CT molecular complexity index is 976. The average molecular weight is 396 g/mol. The first kappa shape index (κ1) is 21.4. The lowest BCUT2D eigenvalue weighted by Crippen LogP contribution is -2.74. The maximum Gasteiger partial charge on any atom is 0.188 e. The zero-order valence-corrected chi connectivity index (χ0v) is 18.5. The second kappa shape index (κ2) is 8.56. The summed E-state index contributed by atoms with van der Waals surface area (Å²) in [5.41, 5.74) is 6.23. The molecule has 3 N–H and O–H groups in total. The number of ketones is 1. The van der Waals surface area contributed by atoms with Crippen LogP contribution in [0.4, 0.5) is 0 Å². The standard InChI is InChI=1S/C25H34N2O2/c1-6-7-8-21(24-22(28)14-25(4,5)15-23(24)29)26-12-11-18-17(3)27-20-10-9-16(2)13-19(18)20/h9-10,13,27-28H,6-8,11-12,14-15H2,1-5H3/p+1. The molecule has 4 heteroatoms. The molecule has 0 amide bonds. The Balaban J connectivity index is 1.86. The number of hydrogen-bond donors (Lipinski definition) is 3. The molecule has 29 heavy (non-hydrogen) atoms. The number of rotatable bonds is 7. The molecule has 156 valence electrons. The van der Waals surface area contributed by atoms with Gasteiger partial charge in [0.2, 0.25) is 0 Å². The molecule has 0 saturated carbocycles. The minimum absolute atomic E-state index is 0.0660. The van der Waals surface area contributed by atoms with Crippen LogP contribution in [0.15, 0.2) is 29.5 Å². The second-order valence-corrected chi connectivity index (χ2v) is 9.30. The highest BCUT2D eigenvalue weighted by molar-refractivity contribution is 6.21. The van der Waals surface area contributed by atoms with E-state index in [-0.39, 0.29) is 17.0 Å². The quantitative estimate of drug-likeness (QED) is 0.614. The maximum absolute atomic E-state index is 12.8. The first-order chi connectivity index (χ1) is 13.7. The van der Waals surface area contributed by atoms with E-state index < -0.39 is 0 Å². The molecule has 0 radical (unpaired) electrons. The highest BCUT2D eigenvalue weighted by Gasteiger charge is 2.36. The summed E-state index contributed by atoms with van der Waals surface area (Å²) in [5, 5.41) is 11.9. The van der Waals surface area contributed by atoms with Gasteiger partial charge in [0, 0.05) is 42.3 Å². The van der Waals surface area contributed by atoms with Crippen molar-refractivity contribution in [1.29, 1.82) is 0 Å². The van der Waals surface area contributed by atoms with Crippen LogP contribution in [0.25, 0.3) is 10.9 Å². The van der Waals surface area contributed by atoms with Crippen molar-refractivity contribution >= 4 is 22.4 Å². The summed E-state index contributed by atoms with van der Waals surface area (Å²) in [5.74, 6) is 0.319. The molecule has 2 aromatic rings. The van der Waals surface area contributed by atoms with Gasteiger partial charge in [-0.15, -0.1) is 0 Å². The lowest BCUT2D eigenvalue weighted by Gasteiger charge is -2.28. The van der Waals surface area contributed by atoms with Gasteiger partial charge >= 0.3 is 0 Å². The molecule has 0 bridgehead atoms. The van der Waals surface area contributed by atoms with Crippen molar-refractivity contribution in [2.24, 2.45) is 5.41 Å². The number of nitrogens with one attached hydrogen (secondary N) is 2. The molecule has 0 spiro atoms. The number of aliphatic hydroxyl groups is 1. The second-order valence-electron chi connectivity index (χ2n) is 9.30. The van der Waals surface area contributed by atoms with Gasteiger partial charge in [-0.3, -0.25) is 4.79 Å². The van der Waals surface area contributed by atoms with Gasteiger partial charge in [0.1, 0.15) is 17.9 Å². The normalized spacial score (nSPS) is 17.4. The van der Waals surface area contributed by atoms with Gasteiger partial charge in [0.05, 0.1) is 0 Å². The molecule has 0 saturated heterocycles. The van der Waals surface area contributed by atoms with Crippen LogP contribution in [0.2, 0.25) is 0 Å². The monoisotopic (exact) mass is 395 g/mol. The molecular formula is C25H35N2O2+. The number of benzene rings is 1. The van der Waals surface area contributed by atoms with Crippen LogP contribution in [0.5, 0.6) is 0 Å². The molecule has 0 aliphatic heterocycles. The van der Waals surface area contributed by atoms with E-state index in [1.54, 1.807) is 0 Å². The first-order valence-corrected chi connectivity index (χ1v) is 10.8. The minimum Gasteiger partial charge on any atom is -0.511 e. The third-order valence-corrected chi connectivity index (χ3v) is 5.92. The molecule has 4 nitrogen and oxygen atoms in total. The van der Waals surface area contributed by atoms with Crippen molar-refractivity contribution in [3.8, 4) is 0 Å². The number of carbonyl (C=O) groups excluding carboxylic acids is 1. The largest absolute Gasteiger partial charge is 0.511 e. The zero-order valence-electron chi connectivity index (χ0n) is 18.5. The molecule has 0 atom stereocenters. The Morgan fingerprint density at radius 2 is 2.00 bits per heavy atom. The molecule has 1 aromatic heterocycles. The number of hydrogen-bond acceptors (Lipinski definition) is 2. The molecule has 1 aliphatic carbocycles. The smallest absolute Gasteiger partial charge is 0.188 e. The first-order valence-electron chi connectivity index (χ1n) is 10.8. The van der Waals surface area contributed by atoms with Gasteiger partial charge in [-0.2, -0.15) is 0 Å². The van der Waals surface area contributed by atoms with E-state index in [0.717, 1.165) is 37.9 Å². The van der Waals surface area contributed by atoms with Crippen LogP contribution in [-0.4, -0.2) is 28.1 Å². The van der Waals surface area contributed by atoms with E-state index in [1.165, 1.54) is 27.7 Å². The SMILES string of the molecule is CCCCC(=[NH+]CCc1c(C)[nH]c2ccc(C)cc12)C1=C(O)CC(C)(C)CC1=O. The number of H-pyrrole nitrogens is 1. The van der Waals surface area contributed by atoms with Crippen molar-refractivity contribution in [3.63, 3.8) is 0 Å². The van der Waals surface area contributed by atoms with Crippen molar-refractivity contribution in [3.05, 3.63) is 46.4 Å². The molecule has 1 aliphatic rings. The number of Topliss-reactive ketones (excluding diaryl/α,β-unsaturated/α-hetero) is 1. The van der Waals surface area contributed by atoms with Crippen LogP contribution in [0.1, 0.15) is 69.7 Å². The molecule has 0 unspecified atom stereocenters. The Hall–Kier alpha value is -2.36. The van der Waals surface area contributed by atoms with Crippen LogP contribution in [0.3, 0.4) is 0 Å². The van der Waals surface area contributed by atoms with E-state index in [4.69, 9.17) is 0 Å². The number of aryl methyl sites for hydroxylation is 2. The molecule has 1 heterocycles. The van der Waals surface area contributed by atoms with Gasteiger partial charge in [0.25, 0.3) is 0 Å². The fourth-order valence-electron chi connectivity index (χ4n) is 4.44. The predicted molar refractivity (Wildman–Crippen MR) is 120 cm³/mol. The summed E-state index contributed by atoms with van der Waals surface area (Å²) in [6.07, 6.45) is 4.78. The lowest BCUT2D eigenvalue weighted by atomic mass is 9.75. The van der Waals surface area contributed by atoms with Crippen LogP contribution < -0.4 is 4.99 Å². The van der Waals surface area contributed by atoms with E-state index in [1.807, 2.05) is 13.8 Å². The van der Waals surface area contributed by atoms with Gasteiger partial charge in [-0.25, -0.2) is 4.99 Å². The van der Waals surface area contributed by atoms with E-state index >= 15 is 0 Å². The number of carbonyl (C=O) groups is 1. The average Bonchev–Trinajstić information content (AvgIpc) is 2.92. The number of unbranched alkanes of at least 4 members (excludes halogenated alkanes) is 1. The molecular weight excluding hydrogens is 360 g/mol. The Morgan fingerprint density at radius 1 is 1.24 bits per heavy atom. The highest BCUT2D eigenvalue weighted by Crippen LogP contribution is 2.36. The summed E-state index contributed by atoms with van der Waals surface area (Å²) in [6.45, 7) is 11.2. The number of fused-ring (bicyclic) bond motifs is 1. The molecule has 3 rings (SSSR count). The van der Waals surface area contributed by atoms with Crippen LogP contribution in [0, 0.1) is 19.3 Å². The third kappa shape index (κ3) is 4.80. The summed E-state index contributed by atoms with van der Waals surface area (Å²) in [6, 6.07) is 6.50. The number of aliphatic hydroxyl groups excluding tert-OH is 1. The Labute approximate surface area is 174 Å². The third-order valence-electron chi connectivity index (χ3n) is 5.92. The van der Waals surface area contributed by atoms with Gasteiger partial charge in [-0.1, -0.05) is 38.8 Å². The lowest BCUT2D eigenvalue weighted by molar-refractivity contribution is -0.457. The number of aromatic nitrogens is 1. The van der Waals surface area contributed by atoms with Gasteiger partial charge in [0.15, 0.2) is 11.5 Å². The fraction of sp³-hybridized carbons (Fsp3) is 0.520. The summed E-state index contributed by atoms with van der Waals surface area (Å²) in [4.78, 5) is 19.8. The zero-order chi connectivity index (χ0) is 21.2. The highest BCUT2D eigenvalue weighted by atomic mass is 16.3. The van der Waals surface area contributed by atoms with Crippen molar-refractivity contribution in [2.45, 2.75) is 73.1 Å². The summed E-state index contributed by atoms with van der Waals surface area (Å²) >= 11 is 0. The van der Waals surface area contributed by atoms with Crippen molar-refractivity contribution in [2.75, 3.05) is 6.54 Å². The summed E-state index contributed by atoms with van der Waals surface area (Å²) in [7, 11) is 0. The van der Waals surface area contributed by atoms with Gasteiger partial charge < -0.3 is 10.1 Å². The molecule has 0 fully saturated rings. The minimum atomic E-state index is -0.167. The van der Waals surface area contributed by atoms with E-state index in [9.17, 15) is 9.90 Å².